The third kappa shape index (κ3) is 4.98. The second kappa shape index (κ2) is 9.56. The number of piperazine rings is 1. The Kier molecular flexibility index (Phi) is 9.32. The number of nitrogens with zero attached hydrogens (tertiary/aromatic N) is 1. The second-order valence-electron chi connectivity index (χ2n) is 6.07. The van der Waals surface area contributed by atoms with Crippen LogP contribution in [-0.4, -0.2) is 36.2 Å². The van der Waals surface area contributed by atoms with Gasteiger partial charge in [-0.2, -0.15) is 0 Å². The number of hydrogen-bond donors (Lipinski definition) is 2. The molecule has 1 heterocycles. The Labute approximate surface area is 145 Å². The van der Waals surface area contributed by atoms with Gasteiger partial charge >= 0.3 is 0 Å². The first-order valence-corrected chi connectivity index (χ1v) is 7.43. The molecule has 3 nitrogen and oxygen atoms in total. The van der Waals surface area contributed by atoms with Gasteiger partial charge in [-0.3, -0.25) is 4.90 Å². The molecule has 2 rings (SSSR count). The van der Waals surface area contributed by atoms with E-state index in [-0.39, 0.29) is 36.6 Å². The molecule has 0 aliphatic carbocycles. The molecule has 0 radical (unpaired) electrons. The molecule has 1 aromatic rings. The Morgan fingerprint density at radius 3 is 2.36 bits per heavy atom. The zero-order chi connectivity index (χ0) is 14.7. The molecule has 2 N–H and O–H groups in total. The number of halogens is 3. The quantitative estimate of drug-likeness (QED) is 0.867. The molecule has 6 heteroatoms. The summed E-state index contributed by atoms with van der Waals surface area (Å²) in [6.07, 6.45) is 0.927. The zero-order valence-electron chi connectivity index (χ0n) is 13.4. The van der Waals surface area contributed by atoms with E-state index >= 15 is 0 Å². The van der Waals surface area contributed by atoms with Gasteiger partial charge in [0.05, 0.1) is 0 Å². The first-order chi connectivity index (χ1) is 9.50. The largest absolute Gasteiger partial charge is 0.505 e. The van der Waals surface area contributed by atoms with Gasteiger partial charge < -0.3 is 10.4 Å². The van der Waals surface area contributed by atoms with Crippen LogP contribution in [0.5, 0.6) is 5.75 Å². The van der Waals surface area contributed by atoms with Crippen molar-refractivity contribution in [2.75, 3.05) is 26.2 Å². The van der Waals surface area contributed by atoms with E-state index in [0.717, 1.165) is 38.2 Å². The summed E-state index contributed by atoms with van der Waals surface area (Å²) in [4.78, 5) is 2.35. The zero-order valence-corrected chi connectivity index (χ0v) is 15.1. The summed E-state index contributed by atoms with van der Waals surface area (Å²) in [6.45, 7) is 9.78. The van der Waals surface area contributed by atoms with Crippen LogP contribution < -0.4 is 5.32 Å². The highest BCUT2D eigenvalue weighted by molar-refractivity contribution is 5.85. The van der Waals surface area contributed by atoms with Gasteiger partial charge in [0.1, 0.15) is 0 Å². The van der Waals surface area contributed by atoms with Crippen molar-refractivity contribution in [3.8, 4) is 5.75 Å². The lowest BCUT2D eigenvalue weighted by molar-refractivity contribution is 0.151. The summed E-state index contributed by atoms with van der Waals surface area (Å²) >= 11 is 0. The van der Waals surface area contributed by atoms with Crippen molar-refractivity contribution in [2.45, 2.75) is 33.2 Å². The van der Waals surface area contributed by atoms with E-state index < -0.39 is 5.82 Å². The Bertz CT molecular complexity index is 466. The summed E-state index contributed by atoms with van der Waals surface area (Å²) in [5, 5.41) is 13.5. The number of benzene rings is 1. The molecular formula is C16H27Cl2FN2O. The molecule has 1 aliphatic heterocycles. The molecule has 1 aliphatic rings. The third-order valence-corrected chi connectivity index (χ3v) is 3.99. The normalized spacial score (nSPS) is 16.8. The molecule has 128 valence electrons. The molecule has 0 amide bonds. The van der Waals surface area contributed by atoms with E-state index in [0.29, 0.717) is 11.5 Å². The first-order valence-electron chi connectivity index (χ1n) is 7.43. The molecule has 1 saturated heterocycles. The topological polar surface area (TPSA) is 35.5 Å². The fraction of sp³-hybridized carbons (Fsp3) is 0.625. The number of phenols is 1. The van der Waals surface area contributed by atoms with Crippen LogP contribution in [0.3, 0.4) is 0 Å². The van der Waals surface area contributed by atoms with Crippen molar-refractivity contribution in [2.24, 2.45) is 5.92 Å². The van der Waals surface area contributed by atoms with Crippen molar-refractivity contribution in [3.05, 3.63) is 29.1 Å². The predicted octanol–water partition coefficient (Wildman–Crippen LogP) is 3.68. The van der Waals surface area contributed by atoms with Crippen LogP contribution in [0.4, 0.5) is 4.39 Å². The second-order valence-corrected chi connectivity index (χ2v) is 6.07. The maximum absolute atomic E-state index is 14.0. The number of rotatable bonds is 4. The Morgan fingerprint density at radius 2 is 1.82 bits per heavy atom. The first kappa shape index (κ1) is 21.4. The van der Waals surface area contributed by atoms with Gasteiger partial charge in [0.15, 0.2) is 11.6 Å². The maximum Gasteiger partial charge on any atom is 0.168 e. The van der Waals surface area contributed by atoms with Crippen LogP contribution in [0.15, 0.2) is 12.1 Å². The molecule has 1 atom stereocenters. The summed E-state index contributed by atoms with van der Waals surface area (Å²) in [7, 11) is 0. The Balaban J connectivity index is 0.00000220. The number of hydrogen-bond acceptors (Lipinski definition) is 3. The SMILES string of the molecule is Cc1ccc([C@H](CC(C)C)N2CCNCC2)c(O)c1F.Cl.Cl. The molecule has 0 spiro atoms. The summed E-state index contributed by atoms with van der Waals surface area (Å²) in [6, 6.07) is 3.73. The van der Waals surface area contributed by atoms with Crippen molar-refractivity contribution in [3.63, 3.8) is 0 Å². The fourth-order valence-corrected chi connectivity index (χ4v) is 2.86. The van der Waals surface area contributed by atoms with Gasteiger partial charge in [0, 0.05) is 37.8 Å². The monoisotopic (exact) mass is 352 g/mol. The van der Waals surface area contributed by atoms with Crippen LogP contribution in [0.25, 0.3) is 0 Å². The molecule has 0 bridgehead atoms. The minimum atomic E-state index is -0.480. The van der Waals surface area contributed by atoms with E-state index in [1.54, 1.807) is 13.0 Å². The van der Waals surface area contributed by atoms with Crippen molar-refractivity contribution < 1.29 is 9.50 Å². The van der Waals surface area contributed by atoms with E-state index in [1.165, 1.54) is 0 Å². The maximum atomic E-state index is 14.0. The van der Waals surface area contributed by atoms with Crippen LogP contribution in [0.2, 0.25) is 0 Å². The van der Waals surface area contributed by atoms with Crippen LogP contribution in [0, 0.1) is 18.7 Å². The smallest absolute Gasteiger partial charge is 0.168 e. The van der Waals surface area contributed by atoms with Gasteiger partial charge in [-0.25, -0.2) is 4.39 Å². The van der Waals surface area contributed by atoms with Crippen LogP contribution >= 0.6 is 24.8 Å². The van der Waals surface area contributed by atoms with Gasteiger partial charge in [-0.1, -0.05) is 26.0 Å². The van der Waals surface area contributed by atoms with E-state index in [2.05, 4.69) is 24.1 Å². The molecule has 22 heavy (non-hydrogen) atoms. The predicted molar refractivity (Wildman–Crippen MR) is 93.9 cm³/mol. The molecule has 0 unspecified atom stereocenters. The highest BCUT2D eigenvalue weighted by Gasteiger charge is 2.26. The van der Waals surface area contributed by atoms with E-state index in [4.69, 9.17) is 0 Å². The van der Waals surface area contributed by atoms with Crippen LogP contribution in [-0.2, 0) is 0 Å². The summed E-state index contributed by atoms with van der Waals surface area (Å²) < 4.78 is 14.0. The summed E-state index contributed by atoms with van der Waals surface area (Å²) in [5.74, 6) is -0.153. The molecule has 1 fully saturated rings. The van der Waals surface area contributed by atoms with Crippen molar-refractivity contribution in [1.29, 1.82) is 0 Å². The van der Waals surface area contributed by atoms with Gasteiger partial charge in [0.25, 0.3) is 0 Å². The lowest BCUT2D eigenvalue weighted by atomic mass is 9.93. The van der Waals surface area contributed by atoms with Crippen molar-refractivity contribution in [1.82, 2.24) is 10.2 Å². The van der Waals surface area contributed by atoms with E-state index in [9.17, 15) is 9.50 Å². The molecular weight excluding hydrogens is 326 g/mol. The number of phenolic OH excluding ortho intramolecular Hbond substituents is 1. The van der Waals surface area contributed by atoms with Gasteiger partial charge in [-0.15, -0.1) is 24.8 Å². The van der Waals surface area contributed by atoms with Crippen LogP contribution in [0.1, 0.15) is 37.4 Å². The summed E-state index contributed by atoms with van der Waals surface area (Å²) in [5.41, 5.74) is 1.22. The molecule has 1 aromatic carbocycles. The number of nitrogens with one attached hydrogen (secondary N) is 1. The van der Waals surface area contributed by atoms with E-state index in [1.807, 2.05) is 6.07 Å². The van der Waals surface area contributed by atoms with Gasteiger partial charge in [0.2, 0.25) is 0 Å². The minimum absolute atomic E-state index is 0. The minimum Gasteiger partial charge on any atom is -0.505 e. The van der Waals surface area contributed by atoms with Gasteiger partial charge in [-0.05, 0) is 24.8 Å². The Morgan fingerprint density at radius 1 is 1.23 bits per heavy atom. The average molecular weight is 353 g/mol. The average Bonchev–Trinajstić information content (AvgIpc) is 2.44. The number of aromatic hydroxyl groups is 1. The Hall–Kier alpha value is -0.550. The lowest BCUT2D eigenvalue weighted by Crippen LogP contribution is -2.45. The highest BCUT2D eigenvalue weighted by Crippen LogP contribution is 2.36. The van der Waals surface area contributed by atoms with Crippen molar-refractivity contribution >= 4 is 24.8 Å². The third-order valence-electron chi connectivity index (χ3n) is 3.99. The lowest BCUT2D eigenvalue weighted by Gasteiger charge is -2.36. The number of aryl methyl sites for hydroxylation is 1. The standard InChI is InChI=1S/C16H25FN2O.2ClH/c1-11(2)10-14(19-8-6-18-7-9-19)13-5-4-12(3)15(17)16(13)20;;/h4-5,11,14,18,20H,6-10H2,1-3H3;2*1H/t14-;;/m0../s1. The fourth-order valence-electron chi connectivity index (χ4n) is 2.86. The molecule has 0 saturated carbocycles. The molecule has 0 aromatic heterocycles. The highest BCUT2D eigenvalue weighted by atomic mass is 35.5.